The number of nitrogens with one attached hydrogen (secondary N) is 6. The fourth-order valence-electron chi connectivity index (χ4n) is 9.78. The first kappa shape index (κ1) is 71.4. The fraction of sp³-hybridized carbons (Fsp3) is 0.156. The van der Waals surface area contributed by atoms with Gasteiger partial charge in [0.05, 0.1) is 24.0 Å². The predicted molar refractivity (Wildman–Crippen MR) is 399 cm³/mol. The standard InChI is InChI=1S/C64H70N36O7/c65-45-83-46(66)90-57(89-45)77-33-1-13-39(14-2-33)102-27-63(28-103-40-15-3-34(4-16-40)78-58-91-47(67)84-48(68)92-58,29-104-41-17-5-35(6-18-41)79-59-93-49(69)85-50(70)94-59)25-101-26-64(30-105-42-19-7-36(8-20-42)80-60-95-51(71)86-52(72)96-60,31-106-43-21-9-37(10-22-43)81-61-97-53(73)87-54(74)98-61)32-107-44-23-11-38(12-24-44)82-62-99-55(75)88-56(76)100-62/h1-24H,25-32H2,(H5,65,66,77,83,89,90)(H5,67,68,78,84,91,92)(H5,69,70,79,85,93,94)(H5,71,72,80,86,95,96)(H5,73,74,81,87,97,98)(H5,75,76,82,88,99,100). The Morgan fingerprint density at radius 1 is 0.187 bits per heavy atom. The second-order valence-corrected chi connectivity index (χ2v) is 23.4. The van der Waals surface area contributed by atoms with Gasteiger partial charge in [-0.1, -0.05) is 0 Å². The Labute approximate surface area is 606 Å². The first-order valence-corrected chi connectivity index (χ1v) is 31.8. The van der Waals surface area contributed by atoms with Crippen LogP contribution in [0.15, 0.2) is 146 Å². The van der Waals surface area contributed by atoms with E-state index in [2.05, 4.69) is 122 Å². The van der Waals surface area contributed by atoms with Gasteiger partial charge in [0, 0.05) is 34.1 Å². The summed E-state index contributed by atoms with van der Waals surface area (Å²) >= 11 is 0. The summed E-state index contributed by atoms with van der Waals surface area (Å²) in [6, 6.07) is 41.9. The van der Waals surface area contributed by atoms with Gasteiger partial charge in [0.1, 0.15) is 74.1 Å². The number of nitrogens with two attached hydrogens (primary N) is 12. The lowest BCUT2D eigenvalue weighted by atomic mass is 9.90. The molecule has 6 aromatic carbocycles. The highest BCUT2D eigenvalue weighted by Gasteiger charge is 2.40. The number of anilines is 24. The Kier molecular flexibility index (Phi) is 21.7. The number of aromatic nitrogens is 18. The Bertz CT molecular complexity index is 4070. The van der Waals surface area contributed by atoms with E-state index >= 15 is 0 Å². The van der Waals surface area contributed by atoms with Crippen LogP contribution in [-0.4, -0.2) is 143 Å². The lowest BCUT2D eigenvalue weighted by Crippen LogP contribution is -2.48. The molecule has 0 amide bonds. The van der Waals surface area contributed by atoms with E-state index in [-0.39, 0.29) is 160 Å². The Balaban J connectivity index is 0.890. The van der Waals surface area contributed by atoms with Crippen molar-refractivity contribution in [2.45, 2.75) is 0 Å². The number of hydrogen-bond donors (Lipinski definition) is 18. The zero-order valence-electron chi connectivity index (χ0n) is 56.3. The van der Waals surface area contributed by atoms with Gasteiger partial charge in [-0.15, -0.1) is 0 Å². The van der Waals surface area contributed by atoms with Crippen molar-refractivity contribution in [2.75, 3.05) is 154 Å². The summed E-state index contributed by atoms with van der Waals surface area (Å²) in [5, 5.41) is 18.5. The molecular formula is C64H70N36O7. The number of nitrogen functional groups attached to an aromatic ring is 12. The quantitative estimate of drug-likeness (QED) is 0.0271. The first-order chi connectivity index (χ1) is 51.6. The molecule has 12 rings (SSSR count). The Morgan fingerprint density at radius 2 is 0.318 bits per heavy atom. The number of ether oxygens (including phenoxy) is 7. The lowest BCUT2D eigenvalue weighted by molar-refractivity contribution is -0.0870. The summed E-state index contributed by atoms with van der Waals surface area (Å²) in [6.07, 6.45) is 0. The predicted octanol–water partition coefficient (Wildman–Crippen LogP) is 4.01. The molecule has 0 spiro atoms. The molecule has 548 valence electrons. The van der Waals surface area contributed by atoms with Crippen LogP contribution < -0.4 is 129 Å². The topological polar surface area (TPSA) is 681 Å². The molecule has 0 fully saturated rings. The zero-order chi connectivity index (χ0) is 74.9. The smallest absolute Gasteiger partial charge is 0.233 e. The number of benzene rings is 6. The third-order valence-corrected chi connectivity index (χ3v) is 14.8. The zero-order valence-corrected chi connectivity index (χ0v) is 56.3. The normalized spacial score (nSPS) is 11.2. The summed E-state index contributed by atoms with van der Waals surface area (Å²) in [7, 11) is 0. The molecule has 0 saturated carbocycles. The summed E-state index contributed by atoms with van der Waals surface area (Å²) in [5.74, 6) is 2.50. The van der Waals surface area contributed by atoms with Crippen LogP contribution in [0.5, 0.6) is 34.5 Å². The Morgan fingerprint density at radius 3 is 0.449 bits per heavy atom. The van der Waals surface area contributed by atoms with E-state index in [1.165, 1.54) is 0 Å². The van der Waals surface area contributed by atoms with E-state index in [1.54, 1.807) is 146 Å². The van der Waals surface area contributed by atoms with E-state index in [9.17, 15) is 0 Å². The number of nitrogens with zero attached hydrogens (tertiary/aromatic N) is 18. The van der Waals surface area contributed by atoms with Gasteiger partial charge in [-0.3, -0.25) is 0 Å². The van der Waals surface area contributed by atoms with Crippen molar-refractivity contribution >= 4 is 141 Å². The molecule has 0 aliphatic carbocycles. The van der Waals surface area contributed by atoms with E-state index in [4.69, 9.17) is 102 Å². The van der Waals surface area contributed by atoms with E-state index in [1.807, 2.05) is 0 Å². The fourth-order valence-corrected chi connectivity index (χ4v) is 9.78. The molecule has 43 heteroatoms. The number of hydrogen-bond acceptors (Lipinski definition) is 43. The highest BCUT2D eigenvalue weighted by molar-refractivity contribution is 5.62. The average molecular weight is 1460 g/mol. The minimum Gasteiger partial charge on any atom is -0.493 e. The molecule has 12 aromatic rings. The first-order valence-electron chi connectivity index (χ1n) is 31.8. The molecule has 0 aliphatic heterocycles. The molecule has 0 bridgehead atoms. The molecule has 0 saturated heterocycles. The highest BCUT2D eigenvalue weighted by atomic mass is 16.5. The van der Waals surface area contributed by atoms with Gasteiger partial charge >= 0.3 is 0 Å². The van der Waals surface area contributed by atoms with Crippen LogP contribution in [0.25, 0.3) is 0 Å². The highest BCUT2D eigenvalue weighted by Crippen LogP contribution is 2.33. The van der Waals surface area contributed by atoms with Crippen molar-refractivity contribution in [1.82, 2.24) is 89.7 Å². The third kappa shape index (κ3) is 20.8. The molecule has 6 heterocycles. The summed E-state index contributed by atoms with van der Waals surface area (Å²) in [5.41, 5.74) is 71.5. The van der Waals surface area contributed by atoms with E-state index in [0.717, 1.165) is 0 Å². The van der Waals surface area contributed by atoms with Crippen molar-refractivity contribution in [1.29, 1.82) is 0 Å². The summed E-state index contributed by atoms with van der Waals surface area (Å²) < 4.78 is 47.8. The maximum Gasteiger partial charge on any atom is 0.233 e. The van der Waals surface area contributed by atoms with Crippen molar-refractivity contribution in [3.63, 3.8) is 0 Å². The molecular weight excluding hydrogens is 1380 g/mol. The monoisotopic (exact) mass is 1450 g/mol. The van der Waals surface area contributed by atoms with Gasteiger partial charge in [0.15, 0.2) is 0 Å². The van der Waals surface area contributed by atoms with Gasteiger partial charge in [-0.25, -0.2) is 0 Å². The summed E-state index contributed by atoms with van der Waals surface area (Å²) in [4.78, 5) is 72.9. The maximum atomic E-state index is 7.15. The van der Waals surface area contributed by atoms with Crippen LogP contribution >= 0.6 is 0 Å². The van der Waals surface area contributed by atoms with Crippen molar-refractivity contribution < 1.29 is 33.2 Å². The molecule has 0 radical (unpaired) electrons. The van der Waals surface area contributed by atoms with Gasteiger partial charge in [0.2, 0.25) is 107 Å². The second-order valence-electron chi connectivity index (χ2n) is 23.4. The number of rotatable bonds is 34. The molecule has 0 atom stereocenters. The van der Waals surface area contributed by atoms with Crippen LogP contribution in [0.4, 0.5) is 141 Å². The lowest BCUT2D eigenvalue weighted by Gasteiger charge is -2.36. The van der Waals surface area contributed by atoms with Gasteiger partial charge in [-0.05, 0) is 146 Å². The Hall–Kier alpha value is -15.5. The van der Waals surface area contributed by atoms with Gasteiger partial charge < -0.3 is 134 Å². The van der Waals surface area contributed by atoms with Crippen LogP contribution in [-0.2, 0) is 4.74 Å². The molecule has 0 aliphatic rings. The van der Waals surface area contributed by atoms with E-state index < -0.39 is 10.8 Å². The molecule has 0 unspecified atom stereocenters. The van der Waals surface area contributed by atoms with Crippen LogP contribution in [0, 0.1) is 10.8 Å². The van der Waals surface area contributed by atoms with Crippen LogP contribution in [0.2, 0.25) is 0 Å². The third-order valence-electron chi connectivity index (χ3n) is 14.8. The SMILES string of the molecule is Nc1nc(N)nc(Nc2ccc(OCC(COCC(COc3ccc(Nc4nc(N)nc(N)n4)cc3)(COc3ccc(Nc4nc(N)nc(N)n4)cc3)COc3ccc(Nc4nc(N)nc(N)n4)cc3)(COc3ccc(Nc4nc(N)nc(N)n4)cc3)COc3ccc(Nc4nc(N)nc(N)n4)cc3)cc2)n1. The van der Waals surface area contributed by atoms with Crippen molar-refractivity contribution in [3.05, 3.63) is 146 Å². The van der Waals surface area contributed by atoms with Crippen LogP contribution in [0.1, 0.15) is 0 Å². The van der Waals surface area contributed by atoms with Gasteiger partial charge in [0.25, 0.3) is 0 Å². The summed E-state index contributed by atoms with van der Waals surface area (Å²) in [6.45, 7) is -0.968. The largest absolute Gasteiger partial charge is 0.493 e. The van der Waals surface area contributed by atoms with Crippen molar-refractivity contribution in [3.8, 4) is 34.5 Å². The molecule has 30 N–H and O–H groups in total. The van der Waals surface area contributed by atoms with Crippen molar-refractivity contribution in [2.24, 2.45) is 10.8 Å². The minimum absolute atomic E-state index is 0.0683. The minimum atomic E-state index is -1.25. The van der Waals surface area contributed by atoms with E-state index in [0.29, 0.717) is 68.6 Å². The molecule has 6 aromatic heterocycles. The molecule has 43 nitrogen and oxygen atoms in total. The average Bonchev–Trinajstić information content (AvgIpc) is 0.815. The maximum absolute atomic E-state index is 7.15. The second kappa shape index (κ2) is 32.5. The van der Waals surface area contributed by atoms with Crippen LogP contribution in [0.3, 0.4) is 0 Å². The van der Waals surface area contributed by atoms with Gasteiger partial charge in [-0.2, -0.15) is 89.7 Å². The molecule has 107 heavy (non-hydrogen) atoms.